The van der Waals surface area contributed by atoms with Gasteiger partial charge in [0.2, 0.25) is 5.91 Å². The second kappa shape index (κ2) is 6.20. The first-order chi connectivity index (χ1) is 12.1. The van der Waals surface area contributed by atoms with E-state index in [2.05, 4.69) is 22.5 Å². The van der Waals surface area contributed by atoms with Crippen LogP contribution in [0.5, 0.6) is 0 Å². The minimum absolute atomic E-state index is 0.00582. The van der Waals surface area contributed by atoms with Crippen molar-refractivity contribution in [3.8, 4) is 0 Å². The summed E-state index contributed by atoms with van der Waals surface area (Å²) in [6.07, 6.45) is 4.81. The molecule has 3 aromatic rings. The van der Waals surface area contributed by atoms with Crippen LogP contribution >= 0.6 is 0 Å². The second-order valence-electron chi connectivity index (χ2n) is 6.48. The Bertz CT molecular complexity index is 1000. The van der Waals surface area contributed by atoms with Crippen molar-refractivity contribution in [3.63, 3.8) is 0 Å². The van der Waals surface area contributed by atoms with Gasteiger partial charge in [-0.2, -0.15) is 5.10 Å². The van der Waals surface area contributed by atoms with Crippen molar-refractivity contribution in [1.29, 1.82) is 0 Å². The number of nitrogens with zero attached hydrogens (tertiary/aromatic N) is 3. The summed E-state index contributed by atoms with van der Waals surface area (Å²) in [5.41, 5.74) is 2.75. The number of amides is 1. The van der Waals surface area contributed by atoms with E-state index in [0.29, 0.717) is 11.3 Å². The van der Waals surface area contributed by atoms with Crippen LogP contribution in [0.1, 0.15) is 35.8 Å². The summed E-state index contributed by atoms with van der Waals surface area (Å²) < 4.78 is 2.98. The molecule has 1 atom stereocenters. The predicted octanol–water partition coefficient (Wildman–Crippen LogP) is 2.00. The fourth-order valence-electron chi connectivity index (χ4n) is 3.62. The lowest BCUT2D eigenvalue weighted by molar-refractivity contribution is -0.122. The van der Waals surface area contributed by atoms with Gasteiger partial charge in [0.05, 0.1) is 6.04 Å². The molecule has 4 rings (SSSR count). The van der Waals surface area contributed by atoms with Crippen molar-refractivity contribution in [2.45, 2.75) is 38.8 Å². The van der Waals surface area contributed by atoms with Crippen LogP contribution in [0.4, 0.5) is 0 Å². The van der Waals surface area contributed by atoms with Crippen LogP contribution in [-0.4, -0.2) is 20.1 Å². The molecule has 0 aliphatic heterocycles. The number of benzene rings is 1. The maximum atomic E-state index is 12.5. The van der Waals surface area contributed by atoms with E-state index in [-0.39, 0.29) is 24.1 Å². The maximum Gasteiger partial charge on any atom is 0.291 e. The van der Waals surface area contributed by atoms with Crippen LogP contribution in [0.3, 0.4) is 0 Å². The molecule has 1 aliphatic rings. The van der Waals surface area contributed by atoms with Gasteiger partial charge in [-0.15, -0.1) is 0 Å². The second-order valence-corrected chi connectivity index (χ2v) is 6.48. The van der Waals surface area contributed by atoms with Crippen LogP contribution in [0, 0.1) is 6.92 Å². The van der Waals surface area contributed by atoms with Gasteiger partial charge in [-0.3, -0.25) is 14.0 Å². The molecule has 2 aromatic heterocycles. The lowest BCUT2D eigenvalue weighted by Crippen LogP contribution is -2.37. The third-order valence-corrected chi connectivity index (χ3v) is 4.81. The van der Waals surface area contributed by atoms with Gasteiger partial charge in [0.25, 0.3) is 5.56 Å². The molecule has 0 bridgehead atoms. The Hall–Kier alpha value is -2.89. The summed E-state index contributed by atoms with van der Waals surface area (Å²) in [5, 5.41) is 7.32. The van der Waals surface area contributed by atoms with E-state index >= 15 is 0 Å². The Morgan fingerprint density at radius 3 is 3.00 bits per heavy atom. The Labute approximate surface area is 145 Å². The molecule has 0 unspecified atom stereocenters. The van der Waals surface area contributed by atoms with Gasteiger partial charge < -0.3 is 5.32 Å². The zero-order chi connectivity index (χ0) is 17.4. The number of hydrogen-bond donors (Lipinski definition) is 1. The standard InChI is InChI=1S/C19H20N4O2/c1-13-21-23(19(25)17-10-5-11-22(13)17)12-18(24)20-16-9-4-7-14-6-2-3-8-15(14)16/h2-3,5-6,8,10-11,16H,4,7,9,12H2,1H3,(H,20,24)/t16-/m1/s1. The molecule has 1 aliphatic carbocycles. The fourth-order valence-corrected chi connectivity index (χ4v) is 3.62. The van der Waals surface area contributed by atoms with Crippen molar-refractivity contribution >= 4 is 11.4 Å². The van der Waals surface area contributed by atoms with Crippen LogP contribution in [-0.2, 0) is 17.8 Å². The Morgan fingerprint density at radius 2 is 2.12 bits per heavy atom. The van der Waals surface area contributed by atoms with Crippen molar-refractivity contribution in [2.24, 2.45) is 0 Å². The molecule has 0 spiro atoms. The van der Waals surface area contributed by atoms with Gasteiger partial charge in [0.15, 0.2) is 0 Å². The first kappa shape index (κ1) is 15.6. The highest BCUT2D eigenvalue weighted by molar-refractivity contribution is 5.76. The molecule has 25 heavy (non-hydrogen) atoms. The SMILES string of the molecule is Cc1nn(CC(=O)N[C@@H]2CCCc3ccccc32)c(=O)c2cccn12. The molecule has 1 aromatic carbocycles. The highest BCUT2D eigenvalue weighted by Gasteiger charge is 2.22. The third-order valence-electron chi connectivity index (χ3n) is 4.81. The maximum absolute atomic E-state index is 12.5. The fraction of sp³-hybridized carbons (Fsp3) is 0.316. The summed E-state index contributed by atoms with van der Waals surface area (Å²) in [7, 11) is 0. The lowest BCUT2D eigenvalue weighted by Gasteiger charge is -2.26. The number of nitrogens with one attached hydrogen (secondary N) is 1. The third kappa shape index (κ3) is 2.84. The largest absolute Gasteiger partial charge is 0.348 e. The van der Waals surface area contributed by atoms with E-state index in [1.807, 2.05) is 19.1 Å². The van der Waals surface area contributed by atoms with Crippen LogP contribution in [0.15, 0.2) is 47.4 Å². The van der Waals surface area contributed by atoms with Crippen molar-refractivity contribution in [1.82, 2.24) is 19.5 Å². The number of carbonyl (C=O) groups is 1. The van der Waals surface area contributed by atoms with Gasteiger partial charge in [0, 0.05) is 6.20 Å². The summed E-state index contributed by atoms with van der Waals surface area (Å²) in [6.45, 7) is 1.75. The van der Waals surface area contributed by atoms with Crippen LogP contribution in [0.2, 0.25) is 0 Å². The molecule has 6 heteroatoms. The molecule has 0 saturated heterocycles. The van der Waals surface area contributed by atoms with Crippen molar-refractivity contribution < 1.29 is 4.79 Å². The molecule has 1 N–H and O–H groups in total. The number of carbonyl (C=O) groups excluding carboxylic acids is 1. The average Bonchev–Trinajstić information content (AvgIpc) is 3.10. The normalized spacial score (nSPS) is 16.6. The van der Waals surface area contributed by atoms with E-state index in [4.69, 9.17) is 0 Å². The topological polar surface area (TPSA) is 68.4 Å². The number of hydrogen-bond acceptors (Lipinski definition) is 3. The average molecular weight is 336 g/mol. The number of aromatic nitrogens is 3. The highest BCUT2D eigenvalue weighted by Crippen LogP contribution is 2.29. The first-order valence-corrected chi connectivity index (χ1v) is 8.55. The number of aryl methyl sites for hydroxylation is 2. The predicted molar refractivity (Wildman–Crippen MR) is 94.5 cm³/mol. The molecule has 1 amide bonds. The molecule has 0 radical (unpaired) electrons. The Kier molecular flexibility index (Phi) is 3.87. The van der Waals surface area contributed by atoms with Gasteiger partial charge in [-0.05, 0) is 49.4 Å². The summed E-state index contributed by atoms with van der Waals surface area (Å²) in [4.78, 5) is 25.0. The Balaban J connectivity index is 1.56. The quantitative estimate of drug-likeness (QED) is 0.795. The van der Waals surface area contributed by atoms with E-state index in [0.717, 1.165) is 19.3 Å². The van der Waals surface area contributed by atoms with Crippen molar-refractivity contribution in [2.75, 3.05) is 0 Å². The smallest absolute Gasteiger partial charge is 0.291 e. The van der Waals surface area contributed by atoms with Crippen LogP contribution in [0.25, 0.3) is 5.52 Å². The monoisotopic (exact) mass is 336 g/mol. The number of fused-ring (bicyclic) bond motifs is 2. The van der Waals surface area contributed by atoms with Gasteiger partial charge >= 0.3 is 0 Å². The minimum Gasteiger partial charge on any atom is -0.348 e. The first-order valence-electron chi connectivity index (χ1n) is 8.55. The minimum atomic E-state index is -0.255. The molecule has 6 nitrogen and oxygen atoms in total. The highest BCUT2D eigenvalue weighted by atomic mass is 16.2. The number of rotatable bonds is 3. The molecule has 0 fully saturated rings. The van der Waals surface area contributed by atoms with Crippen molar-refractivity contribution in [3.05, 3.63) is 69.9 Å². The lowest BCUT2D eigenvalue weighted by atomic mass is 9.88. The zero-order valence-corrected chi connectivity index (χ0v) is 14.1. The molecule has 2 heterocycles. The van der Waals surface area contributed by atoms with Gasteiger partial charge in [-0.25, -0.2) is 4.68 Å². The Morgan fingerprint density at radius 1 is 1.28 bits per heavy atom. The molecular formula is C19H20N4O2. The van der Waals surface area contributed by atoms with Crippen LogP contribution < -0.4 is 10.9 Å². The molecule has 0 saturated carbocycles. The molecule has 128 valence electrons. The zero-order valence-electron chi connectivity index (χ0n) is 14.1. The summed E-state index contributed by atoms with van der Waals surface area (Å²) in [6, 6.07) is 11.8. The van der Waals surface area contributed by atoms with Gasteiger partial charge in [0.1, 0.15) is 17.9 Å². The van der Waals surface area contributed by atoms with Gasteiger partial charge in [-0.1, -0.05) is 24.3 Å². The van der Waals surface area contributed by atoms with E-state index in [1.165, 1.54) is 15.8 Å². The summed E-state index contributed by atoms with van der Waals surface area (Å²) >= 11 is 0. The molecular weight excluding hydrogens is 316 g/mol. The summed E-state index contributed by atoms with van der Waals surface area (Å²) in [5.74, 6) is 0.488. The van der Waals surface area contributed by atoms with E-state index in [1.54, 1.807) is 22.7 Å². The van der Waals surface area contributed by atoms with E-state index in [9.17, 15) is 9.59 Å². The van der Waals surface area contributed by atoms with E-state index < -0.39 is 0 Å².